The van der Waals surface area contributed by atoms with E-state index in [-0.39, 0.29) is 24.3 Å². The average molecular weight is 282 g/mol. The van der Waals surface area contributed by atoms with Gasteiger partial charge in [0.05, 0.1) is 6.04 Å². The Labute approximate surface area is 116 Å². The van der Waals surface area contributed by atoms with E-state index in [1.165, 1.54) is 18.2 Å². The van der Waals surface area contributed by atoms with Crippen molar-refractivity contribution < 1.29 is 24.9 Å². The molecule has 2 atom stereocenters. The number of aliphatic carboxylic acids is 1. The topological polar surface area (TPSA) is 133 Å². The van der Waals surface area contributed by atoms with E-state index in [2.05, 4.69) is 5.32 Å². The predicted octanol–water partition coefficient (Wildman–Crippen LogP) is -0.0530. The number of phenolic OH excluding ortho intramolecular Hbond substituents is 2. The van der Waals surface area contributed by atoms with Crippen LogP contribution >= 0.6 is 0 Å². The predicted molar refractivity (Wildman–Crippen MR) is 71.3 cm³/mol. The second-order valence-corrected chi connectivity index (χ2v) is 4.44. The van der Waals surface area contributed by atoms with Crippen molar-refractivity contribution in [3.63, 3.8) is 0 Å². The maximum Gasteiger partial charge on any atom is 0.326 e. The van der Waals surface area contributed by atoms with Crippen molar-refractivity contribution in [2.75, 3.05) is 0 Å². The largest absolute Gasteiger partial charge is 0.504 e. The van der Waals surface area contributed by atoms with Crippen LogP contribution in [0.5, 0.6) is 11.5 Å². The highest BCUT2D eigenvalue weighted by atomic mass is 16.4. The molecule has 0 aliphatic rings. The van der Waals surface area contributed by atoms with Crippen LogP contribution in [0.3, 0.4) is 0 Å². The molecule has 110 valence electrons. The Bertz CT molecular complexity index is 504. The molecule has 0 spiro atoms. The smallest absolute Gasteiger partial charge is 0.326 e. The summed E-state index contributed by atoms with van der Waals surface area (Å²) < 4.78 is 0. The number of benzene rings is 1. The van der Waals surface area contributed by atoms with Crippen molar-refractivity contribution in [3.8, 4) is 11.5 Å². The Balaban J connectivity index is 2.65. The summed E-state index contributed by atoms with van der Waals surface area (Å²) >= 11 is 0. The molecular formula is C13H18N2O5. The summed E-state index contributed by atoms with van der Waals surface area (Å²) in [6, 6.07) is 2.21. The highest BCUT2D eigenvalue weighted by molar-refractivity contribution is 5.86. The second kappa shape index (κ2) is 6.76. The molecule has 0 aromatic heterocycles. The monoisotopic (exact) mass is 282 g/mol. The van der Waals surface area contributed by atoms with E-state index < -0.39 is 24.0 Å². The van der Waals surface area contributed by atoms with E-state index in [0.29, 0.717) is 5.56 Å². The molecule has 7 nitrogen and oxygen atoms in total. The third-order valence-corrected chi connectivity index (χ3v) is 2.86. The first-order chi connectivity index (χ1) is 9.35. The maximum absolute atomic E-state index is 11.8. The third kappa shape index (κ3) is 4.13. The number of nitrogens with two attached hydrogens (primary N) is 1. The van der Waals surface area contributed by atoms with Crippen molar-refractivity contribution in [2.45, 2.75) is 31.8 Å². The first-order valence-corrected chi connectivity index (χ1v) is 6.14. The zero-order valence-corrected chi connectivity index (χ0v) is 11.0. The van der Waals surface area contributed by atoms with Crippen molar-refractivity contribution in [3.05, 3.63) is 23.8 Å². The Morgan fingerprint density at radius 1 is 1.30 bits per heavy atom. The molecule has 0 saturated carbocycles. The number of nitrogens with one attached hydrogen (secondary N) is 1. The summed E-state index contributed by atoms with van der Waals surface area (Å²) in [5, 5.41) is 29.7. The van der Waals surface area contributed by atoms with Crippen LogP contribution in [0.1, 0.15) is 18.9 Å². The molecule has 0 aliphatic heterocycles. The van der Waals surface area contributed by atoms with Crippen LogP contribution in [0.4, 0.5) is 0 Å². The minimum absolute atomic E-state index is 0.121. The molecule has 0 fully saturated rings. The van der Waals surface area contributed by atoms with Gasteiger partial charge in [-0.15, -0.1) is 0 Å². The summed E-state index contributed by atoms with van der Waals surface area (Å²) in [6.07, 6.45) is 0.378. The van der Waals surface area contributed by atoms with Gasteiger partial charge in [0.15, 0.2) is 11.5 Å². The number of carboxylic acid groups (broad SMARTS) is 1. The van der Waals surface area contributed by atoms with Crippen molar-refractivity contribution in [1.82, 2.24) is 5.32 Å². The van der Waals surface area contributed by atoms with E-state index in [1.54, 1.807) is 6.92 Å². The lowest BCUT2D eigenvalue weighted by Crippen LogP contribution is -2.48. The molecule has 0 bridgehead atoms. The van der Waals surface area contributed by atoms with Crippen molar-refractivity contribution in [1.29, 1.82) is 0 Å². The molecule has 20 heavy (non-hydrogen) atoms. The lowest BCUT2D eigenvalue weighted by molar-refractivity contribution is -0.142. The average Bonchev–Trinajstić information content (AvgIpc) is 2.39. The van der Waals surface area contributed by atoms with Gasteiger partial charge in [0, 0.05) is 0 Å². The minimum Gasteiger partial charge on any atom is -0.504 e. The quantitative estimate of drug-likeness (QED) is 0.464. The number of amides is 1. The van der Waals surface area contributed by atoms with Gasteiger partial charge >= 0.3 is 5.97 Å². The van der Waals surface area contributed by atoms with Gasteiger partial charge in [-0.1, -0.05) is 13.0 Å². The van der Waals surface area contributed by atoms with Gasteiger partial charge in [-0.25, -0.2) is 4.79 Å². The highest BCUT2D eigenvalue weighted by Gasteiger charge is 2.22. The van der Waals surface area contributed by atoms with Gasteiger partial charge in [0.2, 0.25) is 5.91 Å². The Morgan fingerprint density at radius 2 is 1.95 bits per heavy atom. The SMILES string of the molecule is CC[C@H](NC(=O)[C@@H](N)Cc1ccc(O)c(O)c1)C(=O)O. The van der Waals surface area contributed by atoms with Gasteiger partial charge in [-0.2, -0.15) is 0 Å². The lowest BCUT2D eigenvalue weighted by atomic mass is 10.0. The van der Waals surface area contributed by atoms with E-state index in [1.807, 2.05) is 0 Å². The van der Waals surface area contributed by atoms with Crippen LogP contribution in [-0.2, 0) is 16.0 Å². The van der Waals surface area contributed by atoms with Gasteiger partial charge in [0.1, 0.15) is 6.04 Å². The zero-order chi connectivity index (χ0) is 15.3. The molecule has 0 unspecified atom stereocenters. The van der Waals surface area contributed by atoms with E-state index >= 15 is 0 Å². The molecule has 1 rings (SSSR count). The fourth-order valence-corrected chi connectivity index (χ4v) is 1.66. The number of carboxylic acids is 1. The molecule has 0 radical (unpaired) electrons. The molecule has 1 aromatic rings. The maximum atomic E-state index is 11.8. The first-order valence-electron chi connectivity index (χ1n) is 6.14. The molecular weight excluding hydrogens is 264 g/mol. The van der Waals surface area contributed by atoms with Gasteiger partial charge in [-0.3, -0.25) is 4.79 Å². The van der Waals surface area contributed by atoms with Crippen LogP contribution in [0, 0.1) is 0 Å². The third-order valence-electron chi connectivity index (χ3n) is 2.86. The minimum atomic E-state index is -1.12. The number of carbonyl (C=O) groups is 2. The van der Waals surface area contributed by atoms with E-state index in [0.717, 1.165) is 0 Å². The Kier molecular flexibility index (Phi) is 5.33. The van der Waals surface area contributed by atoms with Crippen LogP contribution in [0.25, 0.3) is 0 Å². The summed E-state index contributed by atoms with van der Waals surface area (Å²) in [6.45, 7) is 1.64. The van der Waals surface area contributed by atoms with Crippen LogP contribution in [0.15, 0.2) is 18.2 Å². The number of carbonyl (C=O) groups excluding carboxylic acids is 1. The van der Waals surface area contributed by atoms with Crippen molar-refractivity contribution >= 4 is 11.9 Å². The molecule has 0 heterocycles. The molecule has 1 amide bonds. The second-order valence-electron chi connectivity index (χ2n) is 4.44. The number of hydrogen-bond acceptors (Lipinski definition) is 5. The van der Waals surface area contributed by atoms with Crippen LogP contribution in [-0.4, -0.2) is 39.3 Å². The lowest BCUT2D eigenvalue weighted by Gasteiger charge is -2.16. The fourth-order valence-electron chi connectivity index (χ4n) is 1.66. The Morgan fingerprint density at radius 3 is 2.45 bits per heavy atom. The first kappa shape index (κ1) is 15.8. The summed E-state index contributed by atoms with van der Waals surface area (Å²) in [7, 11) is 0. The number of phenols is 2. The summed E-state index contributed by atoms with van der Waals surface area (Å²) in [5.41, 5.74) is 6.25. The van der Waals surface area contributed by atoms with E-state index in [4.69, 9.17) is 10.8 Å². The fraction of sp³-hybridized carbons (Fsp3) is 0.385. The molecule has 1 aromatic carbocycles. The number of aromatic hydroxyl groups is 2. The standard InChI is InChI=1S/C13H18N2O5/c1-2-9(13(19)20)15-12(18)8(14)5-7-3-4-10(16)11(17)6-7/h3-4,6,8-9,16-17H,2,5,14H2,1H3,(H,15,18)(H,19,20)/t8-,9-/m0/s1. The summed E-state index contributed by atoms with van der Waals surface area (Å²) in [4.78, 5) is 22.6. The van der Waals surface area contributed by atoms with E-state index in [9.17, 15) is 19.8 Å². The van der Waals surface area contributed by atoms with Gasteiger partial charge in [0.25, 0.3) is 0 Å². The van der Waals surface area contributed by atoms with Crippen LogP contribution in [0.2, 0.25) is 0 Å². The molecule has 6 N–H and O–H groups in total. The van der Waals surface area contributed by atoms with Gasteiger partial charge < -0.3 is 26.4 Å². The Hall–Kier alpha value is -2.28. The number of hydrogen-bond donors (Lipinski definition) is 5. The summed E-state index contributed by atoms with van der Waals surface area (Å²) in [5.74, 6) is -2.25. The number of rotatable bonds is 6. The van der Waals surface area contributed by atoms with Crippen LogP contribution < -0.4 is 11.1 Å². The molecule has 0 aliphatic carbocycles. The molecule has 0 saturated heterocycles. The molecule has 7 heteroatoms. The highest BCUT2D eigenvalue weighted by Crippen LogP contribution is 2.25. The van der Waals surface area contributed by atoms with Crippen molar-refractivity contribution in [2.24, 2.45) is 5.73 Å². The zero-order valence-electron chi connectivity index (χ0n) is 11.0. The van der Waals surface area contributed by atoms with Gasteiger partial charge in [-0.05, 0) is 30.5 Å². The normalized spacial score (nSPS) is 13.5.